The fourth-order valence-electron chi connectivity index (χ4n) is 0.871. The minimum atomic E-state index is -0.257. The zero-order chi connectivity index (χ0) is 7.40. The first-order chi connectivity index (χ1) is 4.83. The molecule has 58 valence electrons. The van der Waals surface area contributed by atoms with Crippen molar-refractivity contribution in [2.75, 3.05) is 6.61 Å². The lowest BCUT2D eigenvalue weighted by Crippen LogP contribution is -2.15. The zero-order valence-electron chi connectivity index (χ0n) is 6.13. The van der Waals surface area contributed by atoms with Crippen molar-refractivity contribution in [1.82, 2.24) is 0 Å². The highest BCUT2D eigenvalue weighted by atomic mass is 16.7. The second-order valence-electron chi connectivity index (χ2n) is 2.29. The fraction of sp³-hybridized carbons (Fsp3) is 0.857. The molecule has 0 spiro atoms. The molecular weight excluding hydrogens is 132 g/mol. The highest BCUT2D eigenvalue weighted by Gasteiger charge is 2.18. The average Bonchev–Trinajstić information content (AvgIpc) is 2.40. The molecule has 1 saturated heterocycles. The average molecular weight is 144 g/mol. The van der Waals surface area contributed by atoms with E-state index in [2.05, 4.69) is 0 Å². The van der Waals surface area contributed by atoms with Crippen LogP contribution >= 0.6 is 0 Å². The maximum atomic E-state index is 10.7. The van der Waals surface area contributed by atoms with E-state index in [-0.39, 0.29) is 12.3 Å². The largest absolute Gasteiger partial charge is 0.436 e. The van der Waals surface area contributed by atoms with Crippen molar-refractivity contribution in [2.45, 2.75) is 32.5 Å². The second kappa shape index (κ2) is 3.56. The van der Waals surface area contributed by atoms with Crippen LogP contribution in [-0.4, -0.2) is 18.9 Å². The molecule has 0 aromatic heterocycles. The van der Waals surface area contributed by atoms with Gasteiger partial charge < -0.3 is 9.47 Å². The van der Waals surface area contributed by atoms with Gasteiger partial charge in [-0.3, -0.25) is 4.79 Å². The third-order valence-electron chi connectivity index (χ3n) is 1.44. The summed E-state index contributed by atoms with van der Waals surface area (Å²) in [4.78, 5) is 10.7. The Morgan fingerprint density at radius 2 is 2.60 bits per heavy atom. The standard InChI is InChI=1S/C7H12O3/c1-2-6(8)10-7-4-3-5-9-7/h7H,2-5H2,1H3/t7-/m1/s1. The van der Waals surface area contributed by atoms with Gasteiger partial charge in [-0.2, -0.15) is 0 Å². The van der Waals surface area contributed by atoms with Crippen LogP contribution in [0.15, 0.2) is 0 Å². The summed E-state index contributed by atoms with van der Waals surface area (Å²) in [5.74, 6) is -0.174. The van der Waals surface area contributed by atoms with Crippen LogP contribution in [0.4, 0.5) is 0 Å². The van der Waals surface area contributed by atoms with E-state index in [9.17, 15) is 4.79 Å². The molecule has 0 radical (unpaired) electrons. The van der Waals surface area contributed by atoms with Gasteiger partial charge in [-0.1, -0.05) is 6.92 Å². The highest BCUT2D eigenvalue weighted by Crippen LogP contribution is 2.13. The summed E-state index contributed by atoms with van der Waals surface area (Å²) in [7, 11) is 0. The lowest BCUT2D eigenvalue weighted by molar-refractivity contribution is -0.169. The molecule has 0 aromatic carbocycles. The van der Waals surface area contributed by atoms with Crippen LogP contribution in [0, 0.1) is 0 Å². The minimum Gasteiger partial charge on any atom is -0.436 e. The van der Waals surface area contributed by atoms with E-state index in [1.54, 1.807) is 6.92 Å². The quantitative estimate of drug-likeness (QED) is 0.544. The van der Waals surface area contributed by atoms with E-state index in [0.29, 0.717) is 6.42 Å². The van der Waals surface area contributed by atoms with Gasteiger partial charge in [0.2, 0.25) is 6.29 Å². The Hall–Kier alpha value is -0.570. The maximum absolute atomic E-state index is 10.7. The van der Waals surface area contributed by atoms with E-state index in [0.717, 1.165) is 19.4 Å². The van der Waals surface area contributed by atoms with Gasteiger partial charge in [0.25, 0.3) is 0 Å². The van der Waals surface area contributed by atoms with E-state index in [1.807, 2.05) is 0 Å². The molecule has 0 aromatic rings. The Kier molecular flexibility index (Phi) is 2.68. The van der Waals surface area contributed by atoms with Crippen LogP contribution in [0.2, 0.25) is 0 Å². The summed E-state index contributed by atoms with van der Waals surface area (Å²) < 4.78 is 9.98. The molecule has 0 aliphatic carbocycles. The van der Waals surface area contributed by atoms with Crippen LogP contribution < -0.4 is 0 Å². The van der Waals surface area contributed by atoms with E-state index >= 15 is 0 Å². The van der Waals surface area contributed by atoms with Crippen molar-refractivity contribution in [3.63, 3.8) is 0 Å². The molecule has 3 heteroatoms. The predicted molar refractivity (Wildman–Crippen MR) is 35.4 cm³/mol. The lowest BCUT2D eigenvalue weighted by Gasteiger charge is -2.08. The summed E-state index contributed by atoms with van der Waals surface area (Å²) in [6.45, 7) is 2.50. The molecule has 0 saturated carbocycles. The Balaban J connectivity index is 2.17. The van der Waals surface area contributed by atoms with Crippen molar-refractivity contribution in [1.29, 1.82) is 0 Å². The molecule has 3 nitrogen and oxygen atoms in total. The summed E-state index contributed by atoms with van der Waals surface area (Å²) >= 11 is 0. The van der Waals surface area contributed by atoms with E-state index in [1.165, 1.54) is 0 Å². The Labute approximate surface area is 60.3 Å². The Morgan fingerprint density at radius 3 is 3.10 bits per heavy atom. The molecular formula is C7H12O3. The third-order valence-corrected chi connectivity index (χ3v) is 1.44. The van der Waals surface area contributed by atoms with Crippen LogP contribution in [0.5, 0.6) is 0 Å². The highest BCUT2D eigenvalue weighted by molar-refractivity contribution is 5.68. The lowest BCUT2D eigenvalue weighted by atomic mass is 10.4. The smallest absolute Gasteiger partial charge is 0.307 e. The zero-order valence-corrected chi connectivity index (χ0v) is 6.13. The molecule has 1 atom stereocenters. The normalized spacial score (nSPS) is 24.7. The van der Waals surface area contributed by atoms with Gasteiger partial charge in [-0.05, 0) is 6.42 Å². The van der Waals surface area contributed by atoms with Gasteiger partial charge in [0, 0.05) is 12.8 Å². The summed E-state index contributed by atoms with van der Waals surface area (Å²) in [6, 6.07) is 0. The molecule has 0 N–H and O–H groups in total. The molecule has 10 heavy (non-hydrogen) atoms. The first-order valence-electron chi connectivity index (χ1n) is 3.64. The van der Waals surface area contributed by atoms with E-state index < -0.39 is 0 Å². The van der Waals surface area contributed by atoms with Crippen LogP contribution in [0.3, 0.4) is 0 Å². The first kappa shape index (κ1) is 7.54. The maximum Gasteiger partial charge on any atom is 0.307 e. The fourth-order valence-corrected chi connectivity index (χ4v) is 0.871. The SMILES string of the molecule is CCC(=O)O[C@@H]1CCCO1. The number of esters is 1. The minimum absolute atomic E-state index is 0.174. The van der Waals surface area contributed by atoms with Crippen molar-refractivity contribution >= 4 is 5.97 Å². The third kappa shape index (κ3) is 1.99. The van der Waals surface area contributed by atoms with E-state index in [4.69, 9.17) is 9.47 Å². The van der Waals surface area contributed by atoms with Crippen molar-refractivity contribution < 1.29 is 14.3 Å². The molecule has 0 amide bonds. The van der Waals surface area contributed by atoms with Gasteiger partial charge in [-0.25, -0.2) is 0 Å². The number of carbonyl (C=O) groups is 1. The van der Waals surface area contributed by atoms with Crippen LogP contribution in [0.1, 0.15) is 26.2 Å². The van der Waals surface area contributed by atoms with Gasteiger partial charge in [0.05, 0.1) is 6.61 Å². The Morgan fingerprint density at radius 1 is 1.80 bits per heavy atom. The topological polar surface area (TPSA) is 35.5 Å². The summed E-state index contributed by atoms with van der Waals surface area (Å²) in [6.07, 6.45) is 2.03. The molecule has 1 aliphatic heterocycles. The number of hydrogen-bond donors (Lipinski definition) is 0. The summed E-state index contributed by atoms with van der Waals surface area (Å²) in [5.41, 5.74) is 0. The molecule has 1 fully saturated rings. The second-order valence-corrected chi connectivity index (χ2v) is 2.29. The molecule has 1 rings (SSSR count). The first-order valence-corrected chi connectivity index (χ1v) is 3.64. The van der Waals surface area contributed by atoms with Gasteiger partial charge >= 0.3 is 5.97 Å². The summed E-state index contributed by atoms with van der Waals surface area (Å²) in [5, 5.41) is 0. The van der Waals surface area contributed by atoms with Crippen LogP contribution in [0.25, 0.3) is 0 Å². The van der Waals surface area contributed by atoms with Crippen LogP contribution in [-0.2, 0) is 14.3 Å². The molecule has 1 heterocycles. The predicted octanol–water partition coefficient (Wildman–Crippen LogP) is 1.08. The van der Waals surface area contributed by atoms with Crippen molar-refractivity contribution in [2.24, 2.45) is 0 Å². The van der Waals surface area contributed by atoms with Crippen molar-refractivity contribution in [3.8, 4) is 0 Å². The number of rotatable bonds is 2. The number of hydrogen-bond acceptors (Lipinski definition) is 3. The van der Waals surface area contributed by atoms with Gasteiger partial charge in [-0.15, -0.1) is 0 Å². The van der Waals surface area contributed by atoms with Gasteiger partial charge in [0.15, 0.2) is 0 Å². The molecule has 1 aliphatic rings. The van der Waals surface area contributed by atoms with Gasteiger partial charge in [0.1, 0.15) is 0 Å². The molecule has 0 bridgehead atoms. The number of carbonyl (C=O) groups excluding carboxylic acids is 1. The molecule has 0 unspecified atom stereocenters. The number of ether oxygens (including phenoxy) is 2. The monoisotopic (exact) mass is 144 g/mol. The Bertz CT molecular complexity index is 116. The van der Waals surface area contributed by atoms with Crippen molar-refractivity contribution in [3.05, 3.63) is 0 Å².